The van der Waals surface area contributed by atoms with Crippen molar-refractivity contribution in [2.75, 3.05) is 26.6 Å². The Morgan fingerprint density at radius 2 is 1.79 bits per heavy atom. The van der Waals surface area contributed by atoms with Crippen molar-refractivity contribution in [3.63, 3.8) is 0 Å². The second-order valence-corrected chi connectivity index (χ2v) is 4.61. The van der Waals surface area contributed by atoms with Crippen molar-refractivity contribution in [3.8, 4) is 5.75 Å². The van der Waals surface area contributed by atoms with Crippen molar-refractivity contribution in [1.29, 1.82) is 0 Å². The first-order valence-electron chi connectivity index (χ1n) is 6.23. The lowest BCUT2D eigenvalue weighted by Gasteiger charge is -2.16. The minimum Gasteiger partial charge on any atom is -0.497 e. The van der Waals surface area contributed by atoms with E-state index in [9.17, 15) is 22.8 Å². The molecule has 0 bridgehead atoms. The largest absolute Gasteiger partial charge is 0.497 e. The van der Waals surface area contributed by atoms with E-state index in [0.29, 0.717) is 6.07 Å². The van der Waals surface area contributed by atoms with Gasteiger partial charge in [0.05, 0.1) is 43.7 Å². The third kappa shape index (κ3) is 4.79. The van der Waals surface area contributed by atoms with Crippen LogP contribution in [-0.2, 0) is 25.2 Å². The summed E-state index contributed by atoms with van der Waals surface area (Å²) in [5.74, 6) is -2.08. The maximum atomic E-state index is 13.0. The van der Waals surface area contributed by atoms with Gasteiger partial charge in [0, 0.05) is 6.07 Å². The molecule has 0 aliphatic rings. The zero-order chi connectivity index (χ0) is 18.5. The van der Waals surface area contributed by atoms with E-state index < -0.39 is 34.4 Å². The van der Waals surface area contributed by atoms with Gasteiger partial charge in [-0.05, 0) is 6.07 Å². The minimum atomic E-state index is -4.75. The molecule has 0 saturated carbocycles. The first-order valence-corrected chi connectivity index (χ1v) is 6.61. The molecule has 1 rings (SSSR count). The molecule has 0 heterocycles. The Kier molecular flexibility index (Phi) is 6.47. The molecule has 0 aromatic heterocycles. The summed E-state index contributed by atoms with van der Waals surface area (Å²) >= 11 is 5.75. The summed E-state index contributed by atoms with van der Waals surface area (Å²) in [5.41, 5.74) is -1.94. The van der Waals surface area contributed by atoms with Crippen molar-refractivity contribution in [2.45, 2.75) is 6.18 Å². The quantitative estimate of drug-likeness (QED) is 0.637. The Hall–Kier alpha value is -2.42. The molecule has 0 atom stereocenters. The second-order valence-electron chi connectivity index (χ2n) is 4.23. The predicted molar refractivity (Wildman–Crippen MR) is 78.7 cm³/mol. The van der Waals surface area contributed by atoms with Gasteiger partial charge in [-0.3, -0.25) is 0 Å². The third-order valence-corrected chi connectivity index (χ3v) is 3.13. The number of hydrogen-bond donors (Lipinski definition) is 1. The molecule has 1 N–H and O–H groups in total. The van der Waals surface area contributed by atoms with Crippen molar-refractivity contribution in [1.82, 2.24) is 0 Å². The molecule has 0 aliphatic heterocycles. The van der Waals surface area contributed by atoms with Gasteiger partial charge in [0.15, 0.2) is 0 Å². The normalized spacial score (nSPS) is 11.7. The van der Waals surface area contributed by atoms with Gasteiger partial charge in [0.1, 0.15) is 11.4 Å². The van der Waals surface area contributed by atoms with Gasteiger partial charge >= 0.3 is 18.1 Å². The number of nitrogens with one attached hydrogen (secondary N) is 1. The summed E-state index contributed by atoms with van der Waals surface area (Å²) in [6.07, 6.45) is -4.03. The minimum absolute atomic E-state index is 0.156. The molecule has 1 aromatic rings. The maximum Gasteiger partial charge on any atom is 0.418 e. The second kappa shape index (κ2) is 7.91. The average Bonchev–Trinajstić information content (AvgIpc) is 2.53. The van der Waals surface area contributed by atoms with Gasteiger partial charge in [0.25, 0.3) is 0 Å². The molecule has 0 spiro atoms. The molecule has 0 radical (unpaired) electrons. The van der Waals surface area contributed by atoms with Crippen LogP contribution in [0.5, 0.6) is 5.75 Å². The molecular weight excluding hydrogens is 355 g/mol. The lowest BCUT2D eigenvalue weighted by Crippen LogP contribution is -2.16. The van der Waals surface area contributed by atoms with Crippen molar-refractivity contribution in [2.24, 2.45) is 0 Å². The van der Waals surface area contributed by atoms with Crippen molar-refractivity contribution in [3.05, 3.63) is 34.5 Å². The Balaban J connectivity index is 3.41. The van der Waals surface area contributed by atoms with Crippen LogP contribution in [-0.4, -0.2) is 33.3 Å². The number of halogens is 4. The Morgan fingerprint density at radius 3 is 2.25 bits per heavy atom. The van der Waals surface area contributed by atoms with Gasteiger partial charge in [0.2, 0.25) is 0 Å². The molecule has 0 saturated heterocycles. The lowest BCUT2D eigenvalue weighted by molar-refractivity contribution is -0.138. The molecule has 0 aliphatic carbocycles. The first-order chi connectivity index (χ1) is 11.1. The van der Waals surface area contributed by atoms with E-state index in [1.165, 1.54) is 7.11 Å². The van der Waals surface area contributed by atoms with E-state index in [0.717, 1.165) is 26.4 Å². The number of esters is 2. The van der Waals surface area contributed by atoms with E-state index in [4.69, 9.17) is 16.3 Å². The van der Waals surface area contributed by atoms with E-state index in [-0.39, 0.29) is 11.4 Å². The number of hydrogen-bond acceptors (Lipinski definition) is 6. The van der Waals surface area contributed by atoms with Crippen LogP contribution < -0.4 is 10.1 Å². The summed E-state index contributed by atoms with van der Waals surface area (Å²) < 4.78 is 52.7. The molecule has 0 unspecified atom stereocenters. The number of rotatable bonds is 5. The average molecular weight is 368 g/mol. The predicted octanol–water partition coefficient (Wildman–Crippen LogP) is 3.01. The summed E-state index contributed by atoms with van der Waals surface area (Å²) in [5, 5.41) is 1.62. The van der Waals surface area contributed by atoms with Crippen LogP contribution in [0.25, 0.3) is 0 Å². The fourth-order valence-corrected chi connectivity index (χ4v) is 1.85. The fourth-order valence-electron chi connectivity index (χ4n) is 1.59. The molecule has 1 aromatic carbocycles. The Bertz CT molecular complexity index is 673. The maximum absolute atomic E-state index is 13.0. The van der Waals surface area contributed by atoms with Crippen molar-refractivity contribution < 1.29 is 37.0 Å². The topological polar surface area (TPSA) is 73.9 Å². The van der Waals surface area contributed by atoms with Gasteiger partial charge < -0.3 is 19.5 Å². The number of benzene rings is 1. The molecule has 0 amide bonds. The monoisotopic (exact) mass is 367 g/mol. The summed E-state index contributed by atoms with van der Waals surface area (Å²) in [7, 11) is 3.26. The highest BCUT2D eigenvalue weighted by Gasteiger charge is 2.35. The molecule has 0 fully saturated rings. The summed E-state index contributed by atoms with van der Waals surface area (Å²) in [6, 6.07) is 1.83. The SMILES string of the molecule is COC(=O)/C=C(/Nc1cc(OC)cc(C(F)(F)F)c1Cl)C(=O)OC. The lowest BCUT2D eigenvalue weighted by atomic mass is 10.1. The van der Waals surface area contributed by atoms with Crippen LogP contribution in [0.1, 0.15) is 5.56 Å². The van der Waals surface area contributed by atoms with E-state index >= 15 is 0 Å². The Labute approximate surface area is 140 Å². The highest BCUT2D eigenvalue weighted by molar-refractivity contribution is 6.34. The number of ether oxygens (including phenoxy) is 3. The number of carbonyl (C=O) groups is 2. The van der Waals surface area contributed by atoms with Crippen LogP contribution in [0.15, 0.2) is 23.9 Å². The number of anilines is 1. The number of alkyl halides is 3. The van der Waals surface area contributed by atoms with Crippen LogP contribution in [0, 0.1) is 0 Å². The van der Waals surface area contributed by atoms with Crippen LogP contribution in [0.2, 0.25) is 5.02 Å². The van der Waals surface area contributed by atoms with E-state index in [1.807, 2.05) is 0 Å². The fraction of sp³-hybridized carbons (Fsp3) is 0.286. The van der Waals surface area contributed by atoms with Gasteiger partial charge in [-0.15, -0.1) is 0 Å². The first kappa shape index (κ1) is 19.6. The van der Waals surface area contributed by atoms with Crippen LogP contribution in [0.3, 0.4) is 0 Å². The van der Waals surface area contributed by atoms with Crippen LogP contribution >= 0.6 is 11.6 Å². The smallest absolute Gasteiger partial charge is 0.418 e. The standard InChI is InChI=1S/C14H13ClF3NO5/c1-22-7-4-8(14(16,17)18)12(15)9(5-7)19-10(13(21)24-3)6-11(20)23-2/h4-6,19H,1-3H3/b10-6+. The molecule has 6 nitrogen and oxygen atoms in total. The van der Waals surface area contributed by atoms with Crippen LogP contribution in [0.4, 0.5) is 18.9 Å². The number of carbonyl (C=O) groups excluding carboxylic acids is 2. The molecule has 10 heteroatoms. The van der Waals surface area contributed by atoms with Gasteiger partial charge in [-0.25, -0.2) is 9.59 Å². The third-order valence-electron chi connectivity index (χ3n) is 2.73. The zero-order valence-electron chi connectivity index (χ0n) is 12.8. The Morgan fingerprint density at radius 1 is 1.17 bits per heavy atom. The van der Waals surface area contributed by atoms with Gasteiger partial charge in [-0.1, -0.05) is 11.6 Å². The van der Waals surface area contributed by atoms with Crippen molar-refractivity contribution >= 4 is 29.2 Å². The summed E-state index contributed by atoms with van der Waals surface area (Å²) in [6.45, 7) is 0. The number of methoxy groups -OCH3 is 3. The molecule has 24 heavy (non-hydrogen) atoms. The highest BCUT2D eigenvalue weighted by atomic mass is 35.5. The molecule has 132 valence electrons. The van der Waals surface area contributed by atoms with E-state index in [1.54, 1.807) is 0 Å². The molecular formula is C14H13ClF3NO5. The zero-order valence-corrected chi connectivity index (χ0v) is 13.5. The van der Waals surface area contributed by atoms with Gasteiger partial charge in [-0.2, -0.15) is 13.2 Å². The van der Waals surface area contributed by atoms with E-state index in [2.05, 4.69) is 14.8 Å². The summed E-state index contributed by atoms with van der Waals surface area (Å²) in [4.78, 5) is 22.9. The highest BCUT2D eigenvalue weighted by Crippen LogP contribution is 2.41.